The Hall–Kier alpha value is -3.43. The summed E-state index contributed by atoms with van der Waals surface area (Å²) in [5, 5.41) is 6.02. The molecule has 282 valence electrons. The molecular formula is C36H54F2N8O4S. The Balaban J connectivity index is 1.11. The van der Waals surface area contributed by atoms with E-state index in [-0.39, 0.29) is 41.1 Å². The lowest BCUT2D eigenvalue weighted by Gasteiger charge is -2.39. The number of hydrogen-bond donors (Lipinski definition) is 2. The number of rotatable bonds is 10. The van der Waals surface area contributed by atoms with Crippen LogP contribution in [0.2, 0.25) is 0 Å². The van der Waals surface area contributed by atoms with Gasteiger partial charge < -0.3 is 25.2 Å². The number of carbonyl (C=O) groups excluding carboxylic acids is 1. The zero-order valence-corrected chi connectivity index (χ0v) is 31.6. The number of aromatic nitrogens is 2. The van der Waals surface area contributed by atoms with Crippen molar-refractivity contribution in [3.63, 3.8) is 0 Å². The molecule has 2 N–H and O–H groups in total. The van der Waals surface area contributed by atoms with Gasteiger partial charge >= 0.3 is 6.09 Å². The van der Waals surface area contributed by atoms with Gasteiger partial charge in [-0.25, -0.2) is 36.3 Å². The first-order valence-electron chi connectivity index (χ1n) is 18.2. The minimum Gasteiger partial charge on any atom is -0.444 e. The van der Waals surface area contributed by atoms with Crippen LogP contribution in [0.25, 0.3) is 11.3 Å². The van der Waals surface area contributed by atoms with Crippen LogP contribution in [0.15, 0.2) is 23.3 Å². The second-order valence-electron chi connectivity index (χ2n) is 15.2. The molecule has 3 fully saturated rings. The van der Waals surface area contributed by atoms with E-state index >= 15 is 4.39 Å². The largest absolute Gasteiger partial charge is 0.444 e. The molecule has 15 heteroatoms. The zero-order valence-electron chi connectivity index (χ0n) is 30.8. The number of nitrogens with zero attached hydrogens (tertiary/aromatic N) is 6. The average molecular weight is 733 g/mol. The zero-order chi connectivity index (χ0) is 36.9. The van der Waals surface area contributed by atoms with E-state index in [0.29, 0.717) is 63.5 Å². The lowest BCUT2D eigenvalue weighted by molar-refractivity contribution is 0.0167. The second kappa shape index (κ2) is 16.5. The number of hydrogen-bond acceptors (Lipinski definition) is 10. The smallest absolute Gasteiger partial charge is 0.410 e. The van der Waals surface area contributed by atoms with Crippen molar-refractivity contribution in [3.8, 4) is 11.3 Å². The summed E-state index contributed by atoms with van der Waals surface area (Å²) in [6.45, 7) is 15.7. The summed E-state index contributed by atoms with van der Waals surface area (Å²) in [4.78, 5) is 29.2. The molecule has 0 atom stereocenters. The Morgan fingerprint density at radius 2 is 1.69 bits per heavy atom. The number of aliphatic imine (C=N–C) groups is 1. The number of sulfonamides is 1. The predicted molar refractivity (Wildman–Crippen MR) is 197 cm³/mol. The number of benzene rings is 1. The van der Waals surface area contributed by atoms with Crippen LogP contribution in [-0.2, 0) is 14.8 Å². The van der Waals surface area contributed by atoms with Crippen molar-refractivity contribution < 1.29 is 26.7 Å². The molecule has 12 nitrogen and oxygen atoms in total. The van der Waals surface area contributed by atoms with Gasteiger partial charge in [0.05, 0.1) is 17.1 Å². The molecule has 51 heavy (non-hydrogen) atoms. The predicted octanol–water partition coefficient (Wildman–Crippen LogP) is 6.28. The summed E-state index contributed by atoms with van der Waals surface area (Å²) in [5.74, 6) is -0.605. The fraction of sp³-hybridized carbons (Fsp3) is 0.667. The van der Waals surface area contributed by atoms with Crippen LogP contribution < -0.4 is 10.6 Å². The maximum Gasteiger partial charge on any atom is 0.410 e. The van der Waals surface area contributed by atoms with E-state index in [1.54, 1.807) is 22.2 Å². The lowest BCUT2D eigenvalue weighted by Crippen LogP contribution is -2.50. The van der Waals surface area contributed by atoms with E-state index in [1.807, 2.05) is 34.6 Å². The first kappa shape index (κ1) is 38.8. The van der Waals surface area contributed by atoms with Gasteiger partial charge in [-0.05, 0) is 111 Å². The number of piperidine rings is 3. The number of carbonyl (C=O) groups is 1. The Kier molecular flexibility index (Phi) is 12.5. The van der Waals surface area contributed by atoms with E-state index in [0.717, 1.165) is 38.7 Å². The summed E-state index contributed by atoms with van der Waals surface area (Å²) in [6.07, 6.45) is 6.46. The molecule has 3 saturated heterocycles. The molecule has 5 rings (SSSR count). The minimum atomic E-state index is -3.45. The summed E-state index contributed by atoms with van der Waals surface area (Å²) < 4.78 is 64.5. The molecule has 0 bridgehead atoms. The fourth-order valence-corrected chi connectivity index (χ4v) is 9.03. The molecule has 0 aliphatic carbocycles. The summed E-state index contributed by atoms with van der Waals surface area (Å²) in [7, 11) is -3.45. The lowest BCUT2D eigenvalue weighted by atomic mass is 9.95. The van der Waals surface area contributed by atoms with Crippen molar-refractivity contribution in [2.75, 3.05) is 56.4 Å². The maximum absolute atomic E-state index is 15.1. The van der Waals surface area contributed by atoms with Gasteiger partial charge in [-0.3, -0.25) is 4.99 Å². The van der Waals surface area contributed by atoms with E-state index in [4.69, 9.17) is 4.74 Å². The van der Waals surface area contributed by atoms with Crippen molar-refractivity contribution in [1.82, 2.24) is 24.1 Å². The van der Waals surface area contributed by atoms with Crippen LogP contribution in [-0.4, -0.2) is 114 Å². The Morgan fingerprint density at radius 3 is 2.29 bits per heavy atom. The molecule has 3 aliphatic heterocycles. The van der Waals surface area contributed by atoms with Gasteiger partial charge in [0.15, 0.2) is 11.6 Å². The highest BCUT2D eigenvalue weighted by molar-refractivity contribution is 7.89. The SMILES string of the molecule is CC=Nc1c(F)cc(-c2nc(NC3CCN(S(=O)(=O)C4CCN(CC5CCN(C(=O)OC(C)(C)C)CC5)CC4)CC3)ncc2F)cc1NC(C)C. The molecule has 1 aromatic heterocycles. The van der Waals surface area contributed by atoms with Gasteiger partial charge in [-0.2, -0.15) is 0 Å². The highest BCUT2D eigenvalue weighted by Crippen LogP contribution is 2.35. The van der Waals surface area contributed by atoms with Crippen molar-refractivity contribution in [3.05, 3.63) is 30.0 Å². The molecule has 1 amide bonds. The normalized spacial score (nSPS) is 19.6. The van der Waals surface area contributed by atoms with E-state index < -0.39 is 32.5 Å². The highest BCUT2D eigenvalue weighted by Gasteiger charge is 2.37. The van der Waals surface area contributed by atoms with Gasteiger partial charge in [0.1, 0.15) is 17.0 Å². The molecule has 1 aromatic carbocycles. The van der Waals surface area contributed by atoms with E-state index in [2.05, 4.69) is 30.5 Å². The van der Waals surface area contributed by atoms with Gasteiger partial charge in [-0.15, -0.1) is 0 Å². The third kappa shape index (κ3) is 10.1. The minimum absolute atomic E-state index is 0.00588. The number of likely N-dealkylation sites (tertiary alicyclic amines) is 2. The Bertz CT molecular complexity index is 1640. The first-order chi connectivity index (χ1) is 24.1. The molecule has 0 spiro atoms. The fourth-order valence-electron chi connectivity index (χ4n) is 7.08. The van der Waals surface area contributed by atoms with E-state index in [1.165, 1.54) is 12.3 Å². The quantitative estimate of drug-likeness (QED) is 0.271. The van der Waals surface area contributed by atoms with E-state index in [9.17, 15) is 17.6 Å². The third-order valence-electron chi connectivity index (χ3n) is 9.67. The van der Waals surface area contributed by atoms with Crippen molar-refractivity contribution in [1.29, 1.82) is 0 Å². The van der Waals surface area contributed by atoms with Crippen LogP contribution >= 0.6 is 0 Å². The van der Waals surface area contributed by atoms with Gasteiger partial charge in [0.2, 0.25) is 16.0 Å². The molecule has 0 saturated carbocycles. The van der Waals surface area contributed by atoms with Gasteiger partial charge in [0, 0.05) is 56.6 Å². The van der Waals surface area contributed by atoms with Crippen LogP contribution in [0.1, 0.15) is 80.1 Å². The monoisotopic (exact) mass is 732 g/mol. The summed E-state index contributed by atoms with van der Waals surface area (Å²) in [5.41, 5.74) is 0.284. The standard InChI is InChI=1S/C36H54F2N8O4S/c1-7-39-33-29(37)20-26(21-31(33)41-24(2)3)32-30(38)22-40-34(43-32)42-27-10-18-46(19-11-27)51(48,49)28-12-14-44(15-13-28)23-25-8-16-45(17-9-25)35(47)50-36(4,5)6/h7,20-22,24-25,27-28,41H,8-19,23H2,1-6H3,(H,40,42,43). The topological polar surface area (TPSA) is 132 Å². The molecule has 0 unspecified atom stereocenters. The van der Waals surface area contributed by atoms with Crippen LogP contribution in [0.4, 0.5) is 30.9 Å². The van der Waals surface area contributed by atoms with Crippen molar-refractivity contribution in [2.45, 2.75) is 103 Å². The molecule has 4 heterocycles. The van der Waals surface area contributed by atoms with Crippen LogP contribution in [0.3, 0.4) is 0 Å². The molecule has 3 aliphatic rings. The third-order valence-corrected chi connectivity index (χ3v) is 12.1. The van der Waals surface area contributed by atoms with Gasteiger partial charge in [0.25, 0.3) is 0 Å². The Morgan fingerprint density at radius 1 is 1.02 bits per heavy atom. The first-order valence-corrected chi connectivity index (χ1v) is 19.7. The number of amides is 1. The number of halogens is 2. The second-order valence-corrected chi connectivity index (χ2v) is 17.4. The van der Waals surface area contributed by atoms with Crippen molar-refractivity contribution >= 4 is 39.7 Å². The summed E-state index contributed by atoms with van der Waals surface area (Å²) in [6, 6.07) is 2.74. The Labute approximate surface area is 301 Å². The molecular weight excluding hydrogens is 679 g/mol. The van der Waals surface area contributed by atoms with Crippen LogP contribution in [0.5, 0.6) is 0 Å². The molecule has 2 aromatic rings. The number of ether oxygens (including phenoxy) is 1. The highest BCUT2D eigenvalue weighted by atomic mass is 32.2. The average Bonchev–Trinajstić information content (AvgIpc) is 3.07. The summed E-state index contributed by atoms with van der Waals surface area (Å²) >= 11 is 0. The van der Waals surface area contributed by atoms with Crippen LogP contribution in [0, 0.1) is 17.6 Å². The molecule has 0 radical (unpaired) electrons. The maximum atomic E-state index is 15.1. The van der Waals surface area contributed by atoms with Gasteiger partial charge in [-0.1, -0.05) is 0 Å². The number of anilines is 2. The number of nitrogens with one attached hydrogen (secondary N) is 2. The van der Waals surface area contributed by atoms with Crippen molar-refractivity contribution in [2.24, 2.45) is 10.9 Å².